The minimum atomic E-state index is 0.605. The first kappa shape index (κ1) is 13.9. The molecule has 5 heteroatoms. The van der Waals surface area contributed by atoms with Gasteiger partial charge < -0.3 is 10.6 Å². The van der Waals surface area contributed by atoms with Crippen molar-refractivity contribution in [3.8, 4) is 0 Å². The summed E-state index contributed by atoms with van der Waals surface area (Å²) in [6, 6.07) is 0.605. The van der Waals surface area contributed by atoms with Gasteiger partial charge >= 0.3 is 0 Å². The van der Waals surface area contributed by atoms with E-state index in [1.54, 1.807) is 0 Å². The van der Waals surface area contributed by atoms with Gasteiger partial charge in [-0.1, -0.05) is 13.8 Å². The van der Waals surface area contributed by atoms with Crippen molar-refractivity contribution in [1.29, 1.82) is 0 Å². The maximum atomic E-state index is 6.04. The molecule has 0 bridgehead atoms. The van der Waals surface area contributed by atoms with Crippen molar-refractivity contribution in [2.45, 2.75) is 52.1 Å². The summed E-state index contributed by atoms with van der Waals surface area (Å²) in [5.74, 6) is 0.649. The highest BCUT2D eigenvalue weighted by molar-refractivity contribution is 5.78. The Morgan fingerprint density at radius 3 is 2.63 bits per heavy atom. The Bertz CT molecular complexity index is 470. The van der Waals surface area contributed by atoms with E-state index in [9.17, 15) is 0 Å². The molecule has 1 aliphatic carbocycles. The van der Waals surface area contributed by atoms with Crippen molar-refractivity contribution in [3.05, 3.63) is 17.0 Å². The van der Waals surface area contributed by atoms with Gasteiger partial charge in [0.1, 0.15) is 0 Å². The lowest BCUT2D eigenvalue weighted by Gasteiger charge is -2.16. The molecule has 1 saturated carbocycles. The van der Waals surface area contributed by atoms with Gasteiger partial charge in [-0.25, -0.2) is 4.99 Å². The zero-order valence-corrected chi connectivity index (χ0v) is 12.5. The highest BCUT2D eigenvalue weighted by atomic mass is 15.3. The van der Waals surface area contributed by atoms with E-state index in [0.717, 1.165) is 18.5 Å². The molecule has 1 heterocycles. The van der Waals surface area contributed by atoms with E-state index in [1.807, 2.05) is 18.8 Å². The second-order valence-corrected chi connectivity index (χ2v) is 5.22. The second kappa shape index (κ2) is 5.63. The zero-order chi connectivity index (χ0) is 14.0. The maximum Gasteiger partial charge on any atom is 0.191 e. The number of aryl methyl sites for hydroxylation is 2. The molecule has 5 nitrogen and oxygen atoms in total. The van der Waals surface area contributed by atoms with Gasteiger partial charge in [-0.2, -0.15) is 5.10 Å². The summed E-state index contributed by atoms with van der Waals surface area (Å²) < 4.78 is 1.98. The van der Waals surface area contributed by atoms with Crippen LogP contribution in [0.25, 0.3) is 0 Å². The van der Waals surface area contributed by atoms with Crippen LogP contribution < -0.4 is 5.73 Å². The molecule has 1 aromatic rings. The van der Waals surface area contributed by atoms with Crippen LogP contribution in [0.1, 0.15) is 43.6 Å². The van der Waals surface area contributed by atoms with E-state index >= 15 is 0 Å². The van der Waals surface area contributed by atoms with Gasteiger partial charge in [-0.15, -0.1) is 0 Å². The summed E-state index contributed by atoms with van der Waals surface area (Å²) in [6.07, 6.45) is 4.39. The third-order valence-electron chi connectivity index (χ3n) is 3.88. The fourth-order valence-electron chi connectivity index (χ4n) is 2.49. The van der Waals surface area contributed by atoms with Crippen LogP contribution in [0.3, 0.4) is 0 Å². The molecular formula is C14H25N5. The minimum Gasteiger partial charge on any atom is -0.370 e. The first-order valence-corrected chi connectivity index (χ1v) is 7.14. The van der Waals surface area contributed by atoms with Gasteiger partial charge in [0.15, 0.2) is 5.96 Å². The second-order valence-electron chi connectivity index (χ2n) is 5.22. The van der Waals surface area contributed by atoms with E-state index in [-0.39, 0.29) is 0 Å². The fraction of sp³-hybridized carbons (Fsp3) is 0.714. The number of nitrogens with zero attached hydrogens (tertiary/aromatic N) is 4. The SMILES string of the molecule is CCc1nn(C)c(CC)c1CN=C(N)N(C)C1CC1. The predicted molar refractivity (Wildman–Crippen MR) is 78.1 cm³/mol. The molecule has 0 unspecified atom stereocenters. The monoisotopic (exact) mass is 263 g/mol. The molecule has 106 valence electrons. The smallest absolute Gasteiger partial charge is 0.191 e. The van der Waals surface area contributed by atoms with Gasteiger partial charge in [-0.05, 0) is 25.7 Å². The number of guanidine groups is 1. The lowest BCUT2D eigenvalue weighted by atomic mass is 10.1. The number of aromatic nitrogens is 2. The number of hydrogen-bond acceptors (Lipinski definition) is 2. The van der Waals surface area contributed by atoms with Crippen molar-refractivity contribution in [2.24, 2.45) is 17.8 Å². The molecule has 0 aliphatic heterocycles. The average molecular weight is 263 g/mol. The van der Waals surface area contributed by atoms with Gasteiger partial charge in [-0.3, -0.25) is 4.68 Å². The van der Waals surface area contributed by atoms with Crippen LogP contribution >= 0.6 is 0 Å². The molecule has 0 spiro atoms. The number of nitrogens with two attached hydrogens (primary N) is 1. The molecule has 1 aromatic heterocycles. The largest absolute Gasteiger partial charge is 0.370 e. The number of hydrogen-bond donors (Lipinski definition) is 1. The number of rotatable bonds is 5. The van der Waals surface area contributed by atoms with E-state index in [4.69, 9.17) is 5.73 Å². The molecule has 0 saturated heterocycles. The summed E-state index contributed by atoms with van der Waals surface area (Å²) in [5, 5.41) is 4.56. The fourth-order valence-corrected chi connectivity index (χ4v) is 2.49. The van der Waals surface area contributed by atoms with E-state index in [2.05, 4.69) is 28.8 Å². The lowest BCUT2D eigenvalue weighted by Crippen LogP contribution is -2.35. The quantitative estimate of drug-likeness (QED) is 0.646. The predicted octanol–water partition coefficient (Wildman–Crippen LogP) is 1.45. The van der Waals surface area contributed by atoms with Crippen molar-refractivity contribution in [3.63, 3.8) is 0 Å². The molecule has 1 fully saturated rings. The minimum absolute atomic E-state index is 0.605. The molecule has 1 aliphatic rings. The third kappa shape index (κ3) is 2.91. The van der Waals surface area contributed by atoms with Crippen LogP contribution in [0.5, 0.6) is 0 Å². The summed E-state index contributed by atoms with van der Waals surface area (Å²) >= 11 is 0. The van der Waals surface area contributed by atoms with E-state index in [1.165, 1.54) is 24.1 Å². The van der Waals surface area contributed by atoms with Crippen LogP contribution in [-0.4, -0.2) is 33.7 Å². The average Bonchev–Trinajstić information content (AvgIpc) is 3.19. The Morgan fingerprint density at radius 2 is 2.11 bits per heavy atom. The summed E-state index contributed by atoms with van der Waals surface area (Å²) in [5.41, 5.74) is 9.70. The highest BCUT2D eigenvalue weighted by Crippen LogP contribution is 2.25. The summed E-state index contributed by atoms with van der Waals surface area (Å²) in [7, 11) is 4.03. The topological polar surface area (TPSA) is 59.4 Å². The van der Waals surface area contributed by atoms with Gasteiger partial charge in [0.2, 0.25) is 0 Å². The normalized spacial score (nSPS) is 15.9. The zero-order valence-electron chi connectivity index (χ0n) is 12.5. The van der Waals surface area contributed by atoms with Crippen LogP contribution in [0.2, 0.25) is 0 Å². The Hall–Kier alpha value is -1.52. The molecule has 0 radical (unpaired) electrons. The van der Waals surface area contributed by atoms with Crippen molar-refractivity contribution >= 4 is 5.96 Å². The van der Waals surface area contributed by atoms with E-state index < -0.39 is 0 Å². The Balaban J connectivity index is 2.15. The number of aliphatic imine (C=N–C) groups is 1. The Morgan fingerprint density at radius 1 is 1.42 bits per heavy atom. The van der Waals surface area contributed by atoms with Crippen LogP contribution in [-0.2, 0) is 26.4 Å². The van der Waals surface area contributed by atoms with Crippen molar-refractivity contribution < 1.29 is 0 Å². The van der Waals surface area contributed by atoms with Crippen molar-refractivity contribution in [2.75, 3.05) is 7.05 Å². The van der Waals surface area contributed by atoms with Gasteiger partial charge in [0, 0.05) is 31.4 Å². The van der Waals surface area contributed by atoms with Crippen LogP contribution in [0, 0.1) is 0 Å². The molecular weight excluding hydrogens is 238 g/mol. The first-order chi connectivity index (χ1) is 9.08. The summed E-state index contributed by atoms with van der Waals surface area (Å²) in [6.45, 7) is 4.93. The van der Waals surface area contributed by atoms with Gasteiger partial charge in [0.05, 0.1) is 12.2 Å². The molecule has 0 amide bonds. The van der Waals surface area contributed by atoms with Gasteiger partial charge in [0.25, 0.3) is 0 Å². The third-order valence-corrected chi connectivity index (χ3v) is 3.88. The Labute approximate surface area is 115 Å². The van der Waals surface area contributed by atoms with Crippen LogP contribution in [0.4, 0.5) is 0 Å². The summed E-state index contributed by atoms with van der Waals surface area (Å²) in [4.78, 5) is 6.64. The first-order valence-electron chi connectivity index (χ1n) is 7.14. The molecule has 2 N–H and O–H groups in total. The van der Waals surface area contributed by atoms with Crippen molar-refractivity contribution in [1.82, 2.24) is 14.7 Å². The Kier molecular flexibility index (Phi) is 4.12. The molecule has 2 rings (SSSR count). The van der Waals surface area contributed by atoms with Crippen LogP contribution in [0.15, 0.2) is 4.99 Å². The van der Waals surface area contributed by atoms with E-state index in [0.29, 0.717) is 18.5 Å². The molecule has 0 atom stereocenters. The maximum absolute atomic E-state index is 6.04. The molecule has 0 aromatic carbocycles. The highest BCUT2D eigenvalue weighted by Gasteiger charge is 2.27. The molecule has 19 heavy (non-hydrogen) atoms. The lowest BCUT2D eigenvalue weighted by molar-refractivity contribution is 0.487. The standard InChI is InChI=1S/C14H25N5/c1-5-12-11(13(6-2)19(4)17-12)9-16-14(15)18(3)10-7-8-10/h10H,5-9H2,1-4H3,(H2,15,16).